The van der Waals surface area contributed by atoms with Gasteiger partial charge in [-0.25, -0.2) is 0 Å². The van der Waals surface area contributed by atoms with Crippen molar-refractivity contribution >= 4 is 23.2 Å². The smallest absolute Gasteiger partial charge is 0.245 e. The fourth-order valence-corrected chi connectivity index (χ4v) is 2.40. The van der Waals surface area contributed by atoms with E-state index in [0.717, 1.165) is 0 Å². The van der Waals surface area contributed by atoms with Gasteiger partial charge in [0.05, 0.1) is 24.5 Å². The van der Waals surface area contributed by atoms with E-state index in [2.05, 4.69) is 11.4 Å². The van der Waals surface area contributed by atoms with Crippen molar-refractivity contribution in [3.8, 4) is 6.07 Å². The molecule has 1 N–H and O–H groups in total. The van der Waals surface area contributed by atoms with Crippen molar-refractivity contribution in [3.63, 3.8) is 0 Å². The van der Waals surface area contributed by atoms with E-state index in [4.69, 9.17) is 16.3 Å². The highest BCUT2D eigenvalue weighted by molar-refractivity contribution is 6.30. The van der Waals surface area contributed by atoms with Gasteiger partial charge < -0.3 is 15.0 Å². The summed E-state index contributed by atoms with van der Waals surface area (Å²) >= 11 is 6.01. The molecule has 6 heteroatoms. The molecule has 1 aliphatic rings. The largest absolute Gasteiger partial charge is 0.377 e. The molecule has 1 aromatic rings. The van der Waals surface area contributed by atoms with Crippen LogP contribution in [-0.4, -0.2) is 38.3 Å². The molecule has 2 rings (SSSR count). The van der Waals surface area contributed by atoms with Crippen LogP contribution in [0.1, 0.15) is 12.5 Å². The van der Waals surface area contributed by atoms with E-state index in [1.54, 1.807) is 18.2 Å². The number of anilines is 1. The Kier molecular flexibility index (Phi) is 4.83. The van der Waals surface area contributed by atoms with Crippen LogP contribution in [0.5, 0.6) is 0 Å². The molecule has 0 aromatic heterocycles. The molecule has 1 saturated heterocycles. The molecule has 1 amide bonds. The standard InChI is InChI=1S/C14H16ClN3O2/c1-2-17-14(19)13-9-20-6-5-18(13)12-7-11(15)4-3-10(12)8-16/h3-4,7,13H,2,5-6,9H2,1H3,(H,17,19). The Bertz CT molecular complexity index is 542. The highest BCUT2D eigenvalue weighted by Gasteiger charge is 2.30. The van der Waals surface area contributed by atoms with Crippen LogP contribution in [0.15, 0.2) is 18.2 Å². The molecule has 0 spiro atoms. The Morgan fingerprint density at radius 2 is 2.45 bits per heavy atom. The summed E-state index contributed by atoms with van der Waals surface area (Å²) in [5, 5.41) is 12.5. The molecule has 5 nitrogen and oxygen atoms in total. The Morgan fingerprint density at radius 1 is 1.65 bits per heavy atom. The number of nitriles is 1. The fraction of sp³-hybridized carbons (Fsp3) is 0.429. The normalized spacial score (nSPS) is 18.4. The maximum atomic E-state index is 12.1. The quantitative estimate of drug-likeness (QED) is 0.918. The van der Waals surface area contributed by atoms with Gasteiger partial charge in [-0.1, -0.05) is 11.6 Å². The second kappa shape index (κ2) is 6.60. The third kappa shape index (κ3) is 3.03. The molecule has 1 aromatic carbocycles. The van der Waals surface area contributed by atoms with Crippen LogP contribution in [0.3, 0.4) is 0 Å². The van der Waals surface area contributed by atoms with Crippen LogP contribution >= 0.6 is 11.6 Å². The van der Waals surface area contributed by atoms with E-state index >= 15 is 0 Å². The Balaban J connectivity index is 2.35. The van der Waals surface area contributed by atoms with Crippen molar-refractivity contribution < 1.29 is 9.53 Å². The zero-order valence-electron chi connectivity index (χ0n) is 11.2. The first-order valence-corrected chi connectivity index (χ1v) is 6.87. The number of benzene rings is 1. The van der Waals surface area contributed by atoms with Crippen molar-refractivity contribution in [1.29, 1.82) is 5.26 Å². The zero-order chi connectivity index (χ0) is 14.5. The summed E-state index contributed by atoms with van der Waals surface area (Å²) in [6.45, 7) is 3.81. The molecule has 0 bridgehead atoms. The summed E-state index contributed by atoms with van der Waals surface area (Å²) in [6.07, 6.45) is 0. The van der Waals surface area contributed by atoms with Crippen LogP contribution in [0, 0.1) is 11.3 Å². The topological polar surface area (TPSA) is 65.4 Å². The van der Waals surface area contributed by atoms with Crippen LogP contribution in [0.2, 0.25) is 5.02 Å². The molecule has 1 aliphatic heterocycles. The molecule has 1 fully saturated rings. The number of nitrogens with zero attached hydrogens (tertiary/aromatic N) is 2. The van der Waals surface area contributed by atoms with Gasteiger partial charge >= 0.3 is 0 Å². The molecule has 1 atom stereocenters. The van der Waals surface area contributed by atoms with Crippen LogP contribution < -0.4 is 10.2 Å². The highest BCUT2D eigenvalue weighted by Crippen LogP contribution is 2.27. The maximum absolute atomic E-state index is 12.1. The van der Waals surface area contributed by atoms with Crippen molar-refractivity contribution in [2.45, 2.75) is 13.0 Å². The van der Waals surface area contributed by atoms with Gasteiger partial charge in [0, 0.05) is 18.1 Å². The number of halogens is 1. The average Bonchev–Trinajstić information content (AvgIpc) is 2.47. The van der Waals surface area contributed by atoms with Crippen molar-refractivity contribution in [2.24, 2.45) is 0 Å². The molecular formula is C14H16ClN3O2. The first-order valence-electron chi connectivity index (χ1n) is 6.49. The lowest BCUT2D eigenvalue weighted by atomic mass is 10.1. The van der Waals surface area contributed by atoms with E-state index in [0.29, 0.717) is 42.6 Å². The minimum absolute atomic E-state index is 0.101. The summed E-state index contributed by atoms with van der Waals surface area (Å²) in [4.78, 5) is 14.0. The number of morpholine rings is 1. The summed E-state index contributed by atoms with van der Waals surface area (Å²) in [5.74, 6) is -0.101. The molecule has 1 heterocycles. The number of ether oxygens (including phenoxy) is 1. The molecule has 1 unspecified atom stereocenters. The van der Waals surface area contributed by atoms with Crippen LogP contribution in [-0.2, 0) is 9.53 Å². The monoisotopic (exact) mass is 293 g/mol. The number of nitrogens with one attached hydrogen (secondary N) is 1. The van der Waals surface area contributed by atoms with E-state index in [1.165, 1.54) is 0 Å². The van der Waals surface area contributed by atoms with Crippen molar-refractivity contribution in [3.05, 3.63) is 28.8 Å². The molecule has 20 heavy (non-hydrogen) atoms. The van der Waals surface area contributed by atoms with Gasteiger partial charge in [-0.2, -0.15) is 5.26 Å². The van der Waals surface area contributed by atoms with Gasteiger partial charge in [0.25, 0.3) is 0 Å². The van der Waals surface area contributed by atoms with Gasteiger partial charge in [-0.15, -0.1) is 0 Å². The number of likely N-dealkylation sites (N-methyl/N-ethyl adjacent to an activating group) is 1. The third-order valence-electron chi connectivity index (χ3n) is 3.17. The lowest BCUT2D eigenvalue weighted by Crippen LogP contribution is -2.54. The van der Waals surface area contributed by atoms with E-state index in [-0.39, 0.29) is 5.91 Å². The summed E-state index contributed by atoms with van der Waals surface area (Å²) in [7, 11) is 0. The molecule has 0 radical (unpaired) electrons. The van der Waals surface area contributed by atoms with Gasteiger partial charge in [-0.3, -0.25) is 4.79 Å². The highest BCUT2D eigenvalue weighted by atomic mass is 35.5. The second-order valence-corrected chi connectivity index (χ2v) is 4.89. The van der Waals surface area contributed by atoms with E-state index in [1.807, 2.05) is 11.8 Å². The maximum Gasteiger partial charge on any atom is 0.245 e. The molecular weight excluding hydrogens is 278 g/mol. The van der Waals surface area contributed by atoms with Gasteiger partial charge in [0.1, 0.15) is 12.1 Å². The number of amides is 1. The number of hydrogen-bond donors (Lipinski definition) is 1. The number of carbonyl (C=O) groups is 1. The molecule has 106 valence electrons. The number of hydrogen-bond acceptors (Lipinski definition) is 4. The second-order valence-electron chi connectivity index (χ2n) is 4.45. The SMILES string of the molecule is CCNC(=O)C1COCCN1c1cc(Cl)ccc1C#N. The van der Waals surface area contributed by atoms with Crippen LogP contribution in [0.4, 0.5) is 5.69 Å². The summed E-state index contributed by atoms with van der Waals surface area (Å²) in [6, 6.07) is 6.76. The summed E-state index contributed by atoms with van der Waals surface area (Å²) < 4.78 is 5.39. The minimum Gasteiger partial charge on any atom is -0.377 e. The lowest BCUT2D eigenvalue weighted by molar-refractivity contribution is -0.124. The molecule has 0 aliphatic carbocycles. The van der Waals surface area contributed by atoms with E-state index < -0.39 is 6.04 Å². The lowest BCUT2D eigenvalue weighted by Gasteiger charge is -2.36. The van der Waals surface area contributed by atoms with Gasteiger partial charge in [0.15, 0.2) is 0 Å². The molecule has 0 saturated carbocycles. The van der Waals surface area contributed by atoms with Gasteiger partial charge in [-0.05, 0) is 25.1 Å². The van der Waals surface area contributed by atoms with Crippen LogP contribution in [0.25, 0.3) is 0 Å². The summed E-state index contributed by atoms with van der Waals surface area (Å²) in [5.41, 5.74) is 1.19. The number of rotatable bonds is 3. The van der Waals surface area contributed by atoms with Crippen molar-refractivity contribution in [2.75, 3.05) is 31.2 Å². The predicted octanol–water partition coefficient (Wildman–Crippen LogP) is 1.55. The predicted molar refractivity (Wildman–Crippen MR) is 76.8 cm³/mol. The Morgan fingerprint density at radius 3 is 3.15 bits per heavy atom. The minimum atomic E-state index is -0.436. The first-order chi connectivity index (χ1) is 9.67. The number of carbonyl (C=O) groups excluding carboxylic acids is 1. The first kappa shape index (κ1) is 14.6. The average molecular weight is 294 g/mol. The van der Waals surface area contributed by atoms with Crippen molar-refractivity contribution in [1.82, 2.24) is 5.32 Å². The van der Waals surface area contributed by atoms with Gasteiger partial charge in [0.2, 0.25) is 5.91 Å². The fourth-order valence-electron chi connectivity index (χ4n) is 2.24. The zero-order valence-corrected chi connectivity index (χ0v) is 12.0. The van der Waals surface area contributed by atoms with E-state index in [9.17, 15) is 10.1 Å². The Hall–Kier alpha value is -1.77. The Labute approximate surface area is 123 Å². The third-order valence-corrected chi connectivity index (χ3v) is 3.41.